The first-order valence-electron chi connectivity index (χ1n) is 9.12. The molecule has 2 aromatic heterocycles. The number of carbonyl (C=O) groups is 2. The number of anilines is 1. The summed E-state index contributed by atoms with van der Waals surface area (Å²) in [6.07, 6.45) is 6.92. The number of aromatic nitrogens is 3. The second kappa shape index (κ2) is 8.24. The van der Waals surface area contributed by atoms with Crippen LogP contribution in [0.4, 0.5) is 5.00 Å². The van der Waals surface area contributed by atoms with Crippen molar-refractivity contribution >= 4 is 28.2 Å². The predicted molar refractivity (Wildman–Crippen MR) is 106 cm³/mol. The molecule has 146 valence electrons. The number of amides is 1. The van der Waals surface area contributed by atoms with Crippen molar-refractivity contribution in [2.45, 2.75) is 25.7 Å². The lowest BCUT2D eigenvalue weighted by molar-refractivity contribution is -0.119. The highest BCUT2D eigenvalue weighted by atomic mass is 32.1. The van der Waals surface area contributed by atoms with Crippen LogP contribution in [0, 0.1) is 11.3 Å². The van der Waals surface area contributed by atoms with Crippen LogP contribution < -0.4 is 5.32 Å². The Hall–Kier alpha value is -3.51. The Morgan fingerprint density at radius 1 is 1.24 bits per heavy atom. The summed E-state index contributed by atoms with van der Waals surface area (Å²) in [6, 6.07) is 8.80. The van der Waals surface area contributed by atoms with Gasteiger partial charge in [-0.1, -0.05) is 0 Å². The number of ether oxygens (including phenoxy) is 1. The largest absolute Gasteiger partial charge is 0.452 e. The van der Waals surface area contributed by atoms with E-state index in [1.165, 1.54) is 17.7 Å². The van der Waals surface area contributed by atoms with Crippen LogP contribution >= 0.6 is 11.3 Å². The summed E-state index contributed by atoms with van der Waals surface area (Å²) in [5.74, 6) is -1.07. The maximum absolute atomic E-state index is 12.2. The zero-order valence-electron chi connectivity index (χ0n) is 15.4. The molecule has 0 saturated carbocycles. The van der Waals surface area contributed by atoms with Crippen molar-refractivity contribution in [3.63, 3.8) is 0 Å². The Labute approximate surface area is 170 Å². The number of fused-ring (bicyclic) bond motifs is 1. The SMILES string of the molecule is N#Cc1c(NC(=O)COC(=O)c2ccc(-n3cncn3)cc2)sc2c1CCCC2. The minimum absolute atomic E-state index is 0.325. The smallest absolute Gasteiger partial charge is 0.338 e. The van der Waals surface area contributed by atoms with Crippen LogP contribution in [0.2, 0.25) is 0 Å². The molecule has 8 nitrogen and oxygen atoms in total. The third-order valence-corrected chi connectivity index (χ3v) is 5.86. The lowest BCUT2D eigenvalue weighted by Gasteiger charge is -2.09. The molecule has 1 amide bonds. The molecule has 0 radical (unpaired) electrons. The summed E-state index contributed by atoms with van der Waals surface area (Å²) in [4.78, 5) is 29.5. The number of carbonyl (C=O) groups excluding carboxylic acids is 2. The molecule has 0 unspecified atom stereocenters. The molecule has 1 aliphatic carbocycles. The van der Waals surface area contributed by atoms with Gasteiger partial charge in [0.2, 0.25) is 0 Å². The van der Waals surface area contributed by atoms with Gasteiger partial charge in [-0.25, -0.2) is 14.5 Å². The van der Waals surface area contributed by atoms with Crippen molar-refractivity contribution < 1.29 is 14.3 Å². The van der Waals surface area contributed by atoms with Crippen LogP contribution in [0.3, 0.4) is 0 Å². The van der Waals surface area contributed by atoms with E-state index < -0.39 is 18.5 Å². The fourth-order valence-corrected chi connectivity index (χ4v) is 4.50. The van der Waals surface area contributed by atoms with Crippen molar-refractivity contribution in [2.75, 3.05) is 11.9 Å². The zero-order valence-corrected chi connectivity index (χ0v) is 16.2. The van der Waals surface area contributed by atoms with Crippen molar-refractivity contribution in [1.82, 2.24) is 14.8 Å². The molecule has 9 heteroatoms. The highest BCUT2D eigenvalue weighted by Gasteiger charge is 2.22. The number of benzene rings is 1. The topological polar surface area (TPSA) is 110 Å². The summed E-state index contributed by atoms with van der Waals surface area (Å²) in [7, 11) is 0. The number of hydrogen-bond acceptors (Lipinski definition) is 7. The second-order valence-electron chi connectivity index (χ2n) is 6.54. The van der Waals surface area contributed by atoms with Crippen LogP contribution in [0.5, 0.6) is 0 Å². The Kier molecular flexibility index (Phi) is 5.35. The van der Waals surface area contributed by atoms with E-state index in [-0.39, 0.29) is 0 Å². The van der Waals surface area contributed by atoms with Gasteiger partial charge in [-0.15, -0.1) is 11.3 Å². The van der Waals surface area contributed by atoms with E-state index in [0.717, 1.165) is 41.8 Å². The molecule has 2 heterocycles. The maximum Gasteiger partial charge on any atom is 0.338 e. The molecule has 1 aliphatic rings. The van der Waals surface area contributed by atoms with Crippen LogP contribution in [-0.4, -0.2) is 33.2 Å². The molecule has 3 aromatic rings. The molecule has 0 fully saturated rings. The third kappa shape index (κ3) is 4.02. The van der Waals surface area contributed by atoms with Crippen LogP contribution in [0.25, 0.3) is 5.69 Å². The fraction of sp³-hybridized carbons (Fsp3) is 0.250. The quantitative estimate of drug-likeness (QED) is 0.651. The molecular formula is C20H17N5O3S. The number of rotatable bonds is 5. The van der Waals surface area contributed by atoms with Crippen LogP contribution in [-0.2, 0) is 22.4 Å². The van der Waals surface area contributed by atoms with E-state index in [2.05, 4.69) is 21.5 Å². The lowest BCUT2D eigenvalue weighted by atomic mass is 9.96. The van der Waals surface area contributed by atoms with E-state index in [0.29, 0.717) is 16.1 Å². The number of nitrogens with one attached hydrogen (secondary N) is 1. The molecule has 1 N–H and O–H groups in total. The van der Waals surface area contributed by atoms with E-state index in [1.54, 1.807) is 35.3 Å². The Morgan fingerprint density at radius 3 is 2.76 bits per heavy atom. The summed E-state index contributed by atoms with van der Waals surface area (Å²) in [5, 5.41) is 16.7. The van der Waals surface area contributed by atoms with Crippen LogP contribution in [0.1, 0.15) is 39.2 Å². The normalized spacial score (nSPS) is 12.7. The molecule has 0 saturated heterocycles. The monoisotopic (exact) mass is 407 g/mol. The molecule has 4 rings (SSSR count). The summed E-state index contributed by atoms with van der Waals surface area (Å²) in [6.45, 7) is -0.420. The number of thiophene rings is 1. The third-order valence-electron chi connectivity index (χ3n) is 4.66. The van der Waals surface area contributed by atoms with E-state index >= 15 is 0 Å². The minimum Gasteiger partial charge on any atom is -0.452 e. The number of aryl methyl sites for hydroxylation is 1. The standard InChI is InChI=1S/C20H17N5O3S/c21-9-16-15-3-1-2-4-17(15)29-19(16)24-18(26)10-28-20(27)13-5-7-14(8-6-13)25-12-22-11-23-25/h5-8,11-12H,1-4,10H2,(H,24,26). The van der Waals surface area contributed by atoms with E-state index in [9.17, 15) is 14.9 Å². The summed E-state index contributed by atoms with van der Waals surface area (Å²) < 4.78 is 6.67. The van der Waals surface area contributed by atoms with Crippen molar-refractivity contribution in [1.29, 1.82) is 5.26 Å². The van der Waals surface area contributed by atoms with Gasteiger partial charge in [0.25, 0.3) is 5.91 Å². The highest BCUT2D eigenvalue weighted by Crippen LogP contribution is 2.37. The number of hydrogen-bond donors (Lipinski definition) is 1. The van der Waals surface area contributed by atoms with Gasteiger partial charge in [-0.05, 0) is 55.5 Å². The Balaban J connectivity index is 1.36. The van der Waals surface area contributed by atoms with Gasteiger partial charge in [-0.2, -0.15) is 10.4 Å². The molecule has 0 bridgehead atoms. The first-order valence-corrected chi connectivity index (χ1v) is 9.94. The summed E-state index contributed by atoms with van der Waals surface area (Å²) in [5.41, 5.74) is 2.66. The first kappa shape index (κ1) is 18.8. The molecular weight excluding hydrogens is 390 g/mol. The van der Waals surface area contributed by atoms with Gasteiger partial charge in [0.1, 0.15) is 23.7 Å². The molecule has 0 spiro atoms. The van der Waals surface area contributed by atoms with Gasteiger partial charge < -0.3 is 10.1 Å². The summed E-state index contributed by atoms with van der Waals surface area (Å²) >= 11 is 1.44. The Bertz CT molecular complexity index is 1080. The lowest BCUT2D eigenvalue weighted by Crippen LogP contribution is -2.21. The average molecular weight is 407 g/mol. The zero-order chi connectivity index (χ0) is 20.2. The van der Waals surface area contributed by atoms with Crippen LogP contribution in [0.15, 0.2) is 36.9 Å². The average Bonchev–Trinajstić information content (AvgIpc) is 3.39. The van der Waals surface area contributed by atoms with Crippen molar-refractivity contribution in [2.24, 2.45) is 0 Å². The Morgan fingerprint density at radius 2 is 2.03 bits per heavy atom. The number of nitriles is 1. The molecule has 0 aliphatic heterocycles. The van der Waals surface area contributed by atoms with Crippen molar-refractivity contribution in [3.8, 4) is 11.8 Å². The second-order valence-corrected chi connectivity index (χ2v) is 7.64. The van der Waals surface area contributed by atoms with Gasteiger partial charge in [0, 0.05) is 4.88 Å². The maximum atomic E-state index is 12.2. The van der Waals surface area contributed by atoms with E-state index in [1.807, 2.05) is 0 Å². The van der Waals surface area contributed by atoms with Gasteiger partial charge >= 0.3 is 5.97 Å². The van der Waals surface area contributed by atoms with Gasteiger partial charge in [0.05, 0.1) is 16.8 Å². The van der Waals surface area contributed by atoms with E-state index in [4.69, 9.17) is 4.74 Å². The highest BCUT2D eigenvalue weighted by molar-refractivity contribution is 7.16. The fourth-order valence-electron chi connectivity index (χ4n) is 3.24. The molecule has 1 aromatic carbocycles. The predicted octanol–water partition coefficient (Wildman–Crippen LogP) is 2.87. The molecule has 29 heavy (non-hydrogen) atoms. The van der Waals surface area contributed by atoms with Gasteiger partial charge in [-0.3, -0.25) is 4.79 Å². The minimum atomic E-state index is -0.601. The number of esters is 1. The number of nitrogens with zero attached hydrogens (tertiary/aromatic N) is 4. The molecule has 0 atom stereocenters. The van der Waals surface area contributed by atoms with Gasteiger partial charge in [0.15, 0.2) is 6.61 Å². The van der Waals surface area contributed by atoms with Crippen molar-refractivity contribution in [3.05, 3.63) is 58.5 Å². The first-order chi connectivity index (χ1) is 14.2.